The van der Waals surface area contributed by atoms with Gasteiger partial charge < -0.3 is 5.32 Å². The second kappa shape index (κ2) is 6.84. The molecule has 1 atom stereocenters. The highest BCUT2D eigenvalue weighted by molar-refractivity contribution is 6.30. The molecule has 1 aliphatic carbocycles. The Hall–Kier alpha value is -3.81. The molecule has 0 fully saturated rings. The predicted molar refractivity (Wildman–Crippen MR) is 137 cm³/mol. The van der Waals surface area contributed by atoms with Crippen molar-refractivity contribution < 1.29 is 0 Å². The van der Waals surface area contributed by atoms with Crippen LogP contribution in [0.25, 0.3) is 22.3 Å². The van der Waals surface area contributed by atoms with E-state index in [1.54, 1.807) is 0 Å². The van der Waals surface area contributed by atoms with E-state index in [2.05, 4.69) is 108 Å². The van der Waals surface area contributed by atoms with Crippen molar-refractivity contribution >= 4 is 23.0 Å². The summed E-state index contributed by atoms with van der Waals surface area (Å²) in [6.45, 7) is 0. The fourth-order valence-electron chi connectivity index (χ4n) is 5.82. The van der Waals surface area contributed by atoms with Gasteiger partial charge in [-0.05, 0) is 69.3 Å². The number of rotatable bonds is 2. The molecule has 0 aromatic heterocycles. The fraction of sp³-hybridized carbons (Fsp3) is 0.0323. The lowest BCUT2D eigenvalue weighted by atomic mass is 9.65. The topological polar surface area (TPSA) is 12.0 Å². The van der Waals surface area contributed by atoms with E-state index in [0.29, 0.717) is 0 Å². The monoisotopic (exact) mass is 441 g/mol. The van der Waals surface area contributed by atoms with E-state index in [1.165, 1.54) is 50.2 Å². The van der Waals surface area contributed by atoms with E-state index in [0.717, 1.165) is 10.7 Å². The van der Waals surface area contributed by atoms with Crippen LogP contribution in [0, 0.1) is 0 Å². The molecule has 156 valence electrons. The molecular formula is C31H20ClN. The second-order valence-electron chi connectivity index (χ2n) is 8.78. The Morgan fingerprint density at radius 2 is 1.27 bits per heavy atom. The van der Waals surface area contributed by atoms with Crippen LogP contribution in [-0.2, 0) is 5.41 Å². The SMILES string of the molecule is Clc1ccc(-c2ccc3c(c2)C2(c4ccccc4)c4ccccc4Nc4cccc-3c42)cc1. The van der Waals surface area contributed by atoms with Gasteiger partial charge in [-0.1, -0.05) is 96.5 Å². The third-order valence-corrected chi connectivity index (χ3v) is 7.39. The van der Waals surface area contributed by atoms with E-state index in [9.17, 15) is 0 Å². The average molecular weight is 442 g/mol. The van der Waals surface area contributed by atoms with Crippen LogP contribution in [0.1, 0.15) is 22.3 Å². The van der Waals surface area contributed by atoms with Gasteiger partial charge in [0.2, 0.25) is 0 Å². The zero-order valence-corrected chi connectivity index (χ0v) is 18.6. The van der Waals surface area contributed by atoms with Crippen LogP contribution in [0.15, 0.2) is 115 Å². The maximum absolute atomic E-state index is 6.18. The molecule has 33 heavy (non-hydrogen) atoms. The highest BCUT2D eigenvalue weighted by Gasteiger charge is 2.50. The number of para-hydroxylation sites is 1. The Bertz CT molecular complexity index is 1540. The van der Waals surface area contributed by atoms with Crippen molar-refractivity contribution in [1.29, 1.82) is 0 Å². The van der Waals surface area contributed by atoms with Crippen LogP contribution in [-0.4, -0.2) is 0 Å². The van der Waals surface area contributed by atoms with Crippen molar-refractivity contribution in [1.82, 2.24) is 0 Å². The standard InChI is InChI=1S/C31H20ClN/c32-23-16-13-20(14-17-23)21-15-18-24-25-9-6-12-29-30(25)31(27(24)19-21,22-7-2-1-3-8-22)26-10-4-5-11-28(26)33-29/h1-19,33H. The average Bonchev–Trinajstić information content (AvgIpc) is 3.17. The Kier molecular flexibility index (Phi) is 3.88. The summed E-state index contributed by atoms with van der Waals surface area (Å²) in [5, 5.41) is 4.47. The van der Waals surface area contributed by atoms with E-state index in [1.807, 2.05) is 12.1 Å². The summed E-state index contributed by atoms with van der Waals surface area (Å²) >= 11 is 6.18. The minimum Gasteiger partial charge on any atom is -0.355 e. The van der Waals surface area contributed by atoms with Gasteiger partial charge in [0.15, 0.2) is 0 Å². The quantitative estimate of drug-likeness (QED) is 0.284. The summed E-state index contributed by atoms with van der Waals surface area (Å²) in [7, 11) is 0. The minimum atomic E-state index is -0.368. The molecule has 2 heteroatoms. The first-order chi connectivity index (χ1) is 16.3. The predicted octanol–water partition coefficient (Wildman–Crippen LogP) is 8.43. The lowest BCUT2D eigenvalue weighted by molar-refractivity contribution is 0.764. The molecule has 1 heterocycles. The summed E-state index contributed by atoms with van der Waals surface area (Å²) in [4.78, 5) is 0. The molecule has 7 rings (SSSR count). The van der Waals surface area contributed by atoms with Gasteiger partial charge in [-0.3, -0.25) is 0 Å². The van der Waals surface area contributed by atoms with E-state index in [-0.39, 0.29) is 5.41 Å². The molecule has 0 amide bonds. The van der Waals surface area contributed by atoms with E-state index in [4.69, 9.17) is 11.6 Å². The van der Waals surface area contributed by atoms with E-state index < -0.39 is 0 Å². The summed E-state index contributed by atoms with van der Waals surface area (Å²) in [5.74, 6) is 0. The number of hydrogen-bond acceptors (Lipinski definition) is 1. The van der Waals surface area contributed by atoms with Crippen LogP contribution in [0.4, 0.5) is 11.4 Å². The van der Waals surface area contributed by atoms with Gasteiger partial charge in [0.25, 0.3) is 0 Å². The Balaban J connectivity index is 1.62. The van der Waals surface area contributed by atoms with Gasteiger partial charge in [0.1, 0.15) is 0 Å². The van der Waals surface area contributed by atoms with Crippen LogP contribution >= 0.6 is 11.6 Å². The van der Waals surface area contributed by atoms with Gasteiger partial charge in [-0.2, -0.15) is 0 Å². The van der Waals surface area contributed by atoms with Crippen molar-refractivity contribution in [2.45, 2.75) is 5.41 Å². The van der Waals surface area contributed by atoms with Crippen molar-refractivity contribution in [2.24, 2.45) is 0 Å². The van der Waals surface area contributed by atoms with Gasteiger partial charge in [0.05, 0.1) is 5.41 Å². The van der Waals surface area contributed by atoms with Crippen molar-refractivity contribution in [2.75, 3.05) is 5.32 Å². The summed E-state index contributed by atoms with van der Waals surface area (Å²) < 4.78 is 0. The van der Waals surface area contributed by atoms with Crippen LogP contribution in [0.5, 0.6) is 0 Å². The second-order valence-corrected chi connectivity index (χ2v) is 9.22. The first-order valence-electron chi connectivity index (χ1n) is 11.2. The first kappa shape index (κ1) is 18.7. The van der Waals surface area contributed by atoms with Gasteiger partial charge in [-0.25, -0.2) is 0 Å². The molecule has 5 aromatic rings. The van der Waals surface area contributed by atoms with Crippen molar-refractivity contribution in [3.05, 3.63) is 143 Å². The molecule has 0 radical (unpaired) electrons. The molecule has 1 N–H and O–H groups in total. The van der Waals surface area contributed by atoms with Gasteiger partial charge in [0, 0.05) is 22.0 Å². The fourth-order valence-corrected chi connectivity index (χ4v) is 5.94. The molecule has 1 unspecified atom stereocenters. The molecule has 0 spiro atoms. The Morgan fingerprint density at radius 3 is 2.12 bits per heavy atom. The third-order valence-electron chi connectivity index (χ3n) is 7.14. The zero-order chi connectivity index (χ0) is 22.0. The number of nitrogens with one attached hydrogen (secondary N) is 1. The van der Waals surface area contributed by atoms with Crippen LogP contribution < -0.4 is 5.32 Å². The zero-order valence-electron chi connectivity index (χ0n) is 17.8. The summed E-state index contributed by atoms with van der Waals surface area (Å²) in [6.07, 6.45) is 0. The summed E-state index contributed by atoms with van der Waals surface area (Å²) in [5.41, 5.74) is 12.2. The maximum Gasteiger partial charge on any atom is 0.0754 e. The Labute approximate surface area is 198 Å². The van der Waals surface area contributed by atoms with Crippen LogP contribution in [0.2, 0.25) is 5.02 Å². The highest BCUT2D eigenvalue weighted by atomic mass is 35.5. The molecular weight excluding hydrogens is 422 g/mol. The molecule has 0 saturated carbocycles. The third kappa shape index (κ3) is 2.49. The summed E-state index contributed by atoms with van der Waals surface area (Å²) in [6, 6.07) is 41.3. The van der Waals surface area contributed by atoms with E-state index >= 15 is 0 Å². The van der Waals surface area contributed by atoms with Crippen LogP contribution in [0.3, 0.4) is 0 Å². The number of halogens is 1. The molecule has 1 aliphatic heterocycles. The lowest BCUT2D eigenvalue weighted by Crippen LogP contribution is -2.33. The number of anilines is 2. The molecule has 0 bridgehead atoms. The number of fused-ring (bicyclic) bond motifs is 5. The molecule has 2 aliphatic rings. The maximum atomic E-state index is 6.18. The Morgan fingerprint density at radius 1 is 0.545 bits per heavy atom. The first-order valence-corrected chi connectivity index (χ1v) is 11.6. The molecule has 5 aromatic carbocycles. The van der Waals surface area contributed by atoms with Crippen molar-refractivity contribution in [3.63, 3.8) is 0 Å². The van der Waals surface area contributed by atoms with Gasteiger partial charge in [-0.15, -0.1) is 0 Å². The minimum absolute atomic E-state index is 0.368. The van der Waals surface area contributed by atoms with Gasteiger partial charge >= 0.3 is 0 Å². The largest absolute Gasteiger partial charge is 0.355 e. The molecule has 1 nitrogen and oxygen atoms in total. The lowest BCUT2D eigenvalue weighted by Gasteiger charge is -2.40. The smallest absolute Gasteiger partial charge is 0.0754 e. The number of hydrogen-bond donors (Lipinski definition) is 1. The normalized spacial score (nSPS) is 17.0. The molecule has 0 saturated heterocycles. The van der Waals surface area contributed by atoms with Crippen molar-refractivity contribution in [3.8, 4) is 22.3 Å². The highest BCUT2D eigenvalue weighted by Crippen LogP contribution is 2.62. The number of benzene rings is 5.